The fourth-order valence-corrected chi connectivity index (χ4v) is 1.84. The molecule has 0 heterocycles. The van der Waals surface area contributed by atoms with E-state index in [1.807, 2.05) is 0 Å². The van der Waals surface area contributed by atoms with Crippen LogP contribution in [0.5, 0.6) is 5.75 Å². The van der Waals surface area contributed by atoms with Crippen LogP contribution in [0, 0.1) is 10.1 Å². The van der Waals surface area contributed by atoms with Crippen LogP contribution in [0.15, 0.2) is 53.6 Å². The van der Waals surface area contributed by atoms with E-state index >= 15 is 0 Å². The Kier molecular flexibility index (Phi) is 6.38. The molecule has 1 amide bonds. The largest absolute Gasteiger partial charge is 0.482 e. The number of nitro groups is 1. The first-order chi connectivity index (χ1) is 12.5. The van der Waals surface area contributed by atoms with Gasteiger partial charge in [0.05, 0.1) is 18.2 Å². The second kappa shape index (κ2) is 8.92. The summed E-state index contributed by atoms with van der Waals surface area (Å²) >= 11 is 0. The minimum absolute atomic E-state index is 0.128. The number of ether oxygens (including phenoxy) is 2. The highest BCUT2D eigenvalue weighted by atomic mass is 16.6. The highest BCUT2D eigenvalue weighted by molar-refractivity contribution is 5.95. The van der Waals surface area contributed by atoms with Crippen molar-refractivity contribution in [2.75, 3.05) is 13.7 Å². The molecular formula is C17H15N3O6. The lowest BCUT2D eigenvalue weighted by Crippen LogP contribution is -2.17. The monoisotopic (exact) mass is 357 g/mol. The lowest BCUT2D eigenvalue weighted by atomic mass is 10.2. The van der Waals surface area contributed by atoms with Gasteiger partial charge in [0.2, 0.25) is 0 Å². The molecule has 0 aliphatic rings. The van der Waals surface area contributed by atoms with Crippen molar-refractivity contribution in [2.24, 2.45) is 5.10 Å². The first-order valence-corrected chi connectivity index (χ1v) is 7.37. The highest BCUT2D eigenvalue weighted by Crippen LogP contribution is 2.13. The lowest BCUT2D eigenvalue weighted by Gasteiger charge is -2.04. The van der Waals surface area contributed by atoms with E-state index in [9.17, 15) is 19.7 Å². The van der Waals surface area contributed by atoms with E-state index in [0.717, 1.165) is 6.07 Å². The third-order valence-corrected chi connectivity index (χ3v) is 3.16. The number of hydrazone groups is 1. The van der Waals surface area contributed by atoms with Crippen molar-refractivity contribution in [3.05, 3.63) is 69.8 Å². The smallest absolute Gasteiger partial charge is 0.343 e. The number of amides is 1. The number of non-ortho nitro benzene ring substituents is 1. The summed E-state index contributed by atoms with van der Waals surface area (Å²) in [5.74, 6) is -0.573. The van der Waals surface area contributed by atoms with Crippen molar-refractivity contribution in [1.29, 1.82) is 0 Å². The molecule has 9 nitrogen and oxygen atoms in total. The maximum Gasteiger partial charge on any atom is 0.343 e. The van der Waals surface area contributed by atoms with Crippen molar-refractivity contribution in [3.8, 4) is 5.75 Å². The van der Waals surface area contributed by atoms with E-state index in [2.05, 4.69) is 15.3 Å². The maximum absolute atomic E-state index is 11.9. The van der Waals surface area contributed by atoms with E-state index < -0.39 is 16.8 Å². The van der Waals surface area contributed by atoms with Gasteiger partial charge in [-0.1, -0.05) is 6.07 Å². The minimum Gasteiger partial charge on any atom is -0.482 e. The Bertz CT molecular complexity index is 833. The first-order valence-electron chi connectivity index (χ1n) is 7.37. The van der Waals surface area contributed by atoms with Gasteiger partial charge in [0.15, 0.2) is 6.61 Å². The van der Waals surface area contributed by atoms with E-state index in [-0.39, 0.29) is 17.9 Å². The van der Waals surface area contributed by atoms with Crippen LogP contribution in [0.2, 0.25) is 0 Å². The molecule has 0 radical (unpaired) electrons. The SMILES string of the molecule is COC(=O)COc1ccc(C=NNC(=O)c2cccc([N+](=O)[O-])c2)cc1. The number of carbonyl (C=O) groups excluding carboxylic acids is 2. The Morgan fingerprint density at radius 3 is 2.62 bits per heavy atom. The number of esters is 1. The molecule has 0 aromatic heterocycles. The molecule has 26 heavy (non-hydrogen) atoms. The van der Waals surface area contributed by atoms with Gasteiger partial charge in [0.25, 0.3) is 11.6 Å². The summed E-state index contributed by atoms with van der Waals surface area (Å²) < 4.78 is 9.67. The fourth-order valence-electron chi connectivity index (χ4n) is 1.84. The second-order valence-corrected chi connectivity index (χ2v) is 4.94. The van der Waals surface area contributed by atoms with Crippen LogP contribution in [-0.4, -0.2) is 36.7 Å². The van der Waals surface area contributed by atoms with Crippen molar-refractivity contribution < 1.29 is 24.0 Å². The molecule has 134 valence electrons. The number of hydrogen-bond acceptors (Lipinski definition) is 7. The van der Waals surface area contributed by atoms with Gasteiger partial charge in [-0.2, -0.15) is 5.10 Å². The van der Waals surface area contributed by atoms with E-state index in [0.29, 0.717) is 11.3 Å². The number of benzene rings is 2. The van der Waals surface area contributed by atoms with Gasteiger partial charge in [-0.3, -0.25) is 14.9 Å². The molecule has 0 saturated heterocycles. The zero-order valence-electron chi connectivity index (χ0n) is 13.7. The molecule has 9 heteroatoms. The van der Waals surface area contributed by atoms with Crippen LogP contribution in [-0.2, 0) is 9.53 Å². The molecule has 0 atom stereocenters. The number of carbonyl (C=O) groups is 2. The van der Waals surface area contributed by atoms with Gasteiger partial charge in [-0.05, 0) is 35.9 Å². The van der Waals surface area contributed by atoms with E-state index in [1.54, 1.807) is 24.3 Å². The van der Waals surface area contributed by atoms with E-state index in [4.69, 9.17) is 4.74 Å². The molecule has 1 N–H and O–H groups in total. The number of nitrogens with one attached hydrogen (secondary N) is 1. The average Bonchev–Trinajstić information content (AvgIpc) is 2.67. The van der Waals surface area contributed by atoms with Gasteiger partial charge < -0.3 is 9.47 Å². The summed E-state index contributed by atoms with van der Waals surface area (Å²) in [6.07, 6.45) is 1.40. The van der Waals surface area contributed by atoms with Crippen molar-refractivity contribution in [3.63, 3.8) is 0 Å². The Hall–Kier alpha value is -3.75. The molecule has 2 rings (SSSR count). The third kappa shape index (κ3) is 5.41. The van der Waals surface area contributed by atoms with Crippen LogP contribution in [0.1, 0.15) is 15.9 Å². The molecule has 0 saturated carbocycles. The number of rotatable bonds is 7. The van der Waals surface area contributed by atoms with Crippen LogP contribution < -0.4 is 10.2 Å². The molecular weight excluding hydrogens is 342 g/mol. The van der Waals surface area contributed by atoms with Gasteiger partial charge in [0, 0.05) is 17.7 Å². The number of nitrogens with zero attached hydrogens (tertiary/aromatic N) is 2. The third-order valence-electron chi connectivity index (χ3n) is 3.16. The summed E-state index contributed by atoms with van der Waals surface area (Å²) in [6.45, 7) is -0.191. The van der Waals surface area contributed by atoms with Crippen LogP contribution in [0.25, 0.3) is 0 Å². The Morgan fingerprint density at radius 2 is 1.96 bits per heavy atom. The van der Waals surface area contributed by atoms with Crippen LogP contribution in [0.4, 0.5) is 5.69 Å². The fraction of sp³-hybridized carbons (Fsp3) is 0.118. The van der Waals surface area contributed by atoms with Crippen molar-refractivity contribution >= 4 is 23.8 Å². The molecule has 0 spiro atoms. The normalized spacial score (nSPS) is 10.3. The van der Waals surface area contributed by atoms with Crippen LogP contribution in [0.3, 0.4) is 0 Å². The number of hydrogen-bond donors (Lipinski definition) is 1. The zero-order valence-corrected chi connectivity index (χ0v) is 13.7. The number of methoxy groups -OCH3 is 1. The summed E-state index contributed by atoms with van der Waals surface area (Å²) in [5.41, 5.74) is 2.92. The molecule has 0 fully saturated rings. The summed E-state index contributed by atoms with van der Waals surface area (Å²) in [7, 11) is 1.27. The van der Waals surface area contributed by atoms with Crippen molar-refractivity contribution in [2.45, 2.75) is 0 Å². The molecule has 2 aromatic carbocycles. The summed E-state index contributed by atoms with van der Waals surface area (Å²) in [5, 5.41) is 14.5. The standard InChI is InChI=1S/C17H15N3O6/c1-25-16(21)11-26-15-7-5-12(6-8-15)10-18-19-17(22)13-3-2-4-14(9-13)20(23)24/h2-10H,11H2,1H3,(H,19,22). The molecule has 0 aliphatic heterocycles. The number of nitro benzene ring substituents is 1. The average molecular weight is 357 g/mol. The van der Waals surface area contributed by atoms with Gasteiger partial charge in [-0.15, -0.1) is 0 Å². The van der Waals surface area contributed by atoms with Crippen LogP contribution >= 0.6 is 0 Å². The Labute approximate surface area is 148 Å². The lowest BCUT2D eigenvalue weighted by molar-refractivity contribution is -0.384. The predicted molar refractivity (Wildman–Crippen MR) is 92.1 cm³/mol. The Balaban J connectivity index is 1.91. The molecule has 2 aromatic rings. The topological polar surface area (TPSA) is 120 Å². The van der Waals surface area contributed by atoms with Gasteiger partial charge in [0.1, 0.15) is 5.75 Å². The quantitative estimate of drug-likeness (QED) is 0.350. The van der Waals surface area contributed by atoms with Gasteiger partial charge in [-0.25, -0.2) is 10.2 Å². The van der Waals surface area contributed by atoms with Crippen molar-refractivity contribution in [1.82, 2.24) is 5.43 Å². The highest BCUT2D eigenvalue weighted by Gasteiger charge is 2.10. The zero-order chi connectivity index (χ0) is 18.9. The summed E-state index contributed by atoms with van der Waals surface area (Å²) in [4.78, 5) is 33.0. The Morgan fingerprint density at radius 1 is 1.23 bits per heavy atom. The second-order valence-electron chi connectivity index (χ2n) is 4.94. The molecule has 0 bridgehead atoms. The van der Waals surface area contributed by atoms with Gasteiger partial charge >= 0.3 is 5.97 Å². The molecule has 0 unspecified atom stereocenters. The summed E-state index contributed by atoms with van der Waals surface area (Å²) in [6, 6.07) is 11.9. The predicted octanol–water partition coefficient (Wildman–Crippen LogP) is 1.91. The minimum atomic E-state index is -0.579. The molecule has 0 aliphatic carbocycles. The maximum atomic E-state index is 11.9. The van der Waals surface area contributed by atoms with E-state index in [1.165, 1.54) is 31.5 Å². The first kappa shape index (κ1) is 18.6.